The van der Waals surface area contributed by atoms with Crippen molar-refractivity contribution in [2.75, 3.05) is 0 Å². The second-order valence-corrected chi connectivity index (χ2v) is 11.9. The maximum atomic E-state index is 6.58. The molecule has 1 atom stereocenters. The molecule has 6 heteroatoms. The molecule has 2 aliphatic rings. The van der Waals surface area contributed by atoms with Crippen LogP contribution in [0, 0.1) is 6.08 Å². The van der Waals surface area contributed by atoms with E-state index in [1.807, 2.05) is 11.8 Å². The molecule has 121 valence electrons. The molecule has 0 bridgehead atoms. The fourth-order valence-electron chi connectivity index (χ4n) is 2.36. The summed E-state index contributed by atoms with van der Waals surface area (Å²) in [5.41, 5.74) is 2.67. The number of allylic oxidation sites excluding steroid dienone is 5. The van der Waals surface area contributed by atoms with Gasteiger partial charge in [0.05, 0.1) is 0 Å². The van der Waals surface area contributed by atoms with Gasteiger partial charge in [-0.15, -0.1) is 18.2 Å². The predicted octanol–water partition coefficient (Wildman–Crippen LogP) is -0.784. The first-order valence-corrected chi connectivity index (χ1v) is 11.1. The van der Waals surface area contributed by atoms with Gasteiger partial charge in [0.15, 0.2) is 8.32 Å². The minimum atomic E-state index is -1.61. The molecular formula is C16H23Cl2OSSiTi. The summed E-state index contributed by atoms with van der Waals surface area (Å²) in [6.07, 6.45) is 14.2. The normalized spacial score (nSPS) is 23.4. The van der Waals surface area contributed by atoms with Gasteiger partial charge in [0, 0.05) is 6.42 Å². The van der Waals surface area contributed by atoms with Gasteiger partial charge in [0.25, 0.3) is 0 Å². The molecule has 1 unspecified atom stereocenters. The summed E-state index contributed by atoms with van der Waals surface area (Å²) in [6, 6.07) is 0. The zero-order chi connectivity index (χ0) is 14.1. The topological polar surface area (TPSA) is 9.23 Å². The van der Waals surface area contributed by atoms with Crippen molar-refractivity contribution in [2.45, 2.75) is 51.3 Å². The number of hydrogen-bond acceptors (Lipinski definition) is 2. The molecule has 0 heterocycles. The number of rotatable bonds is 4. The summed E-state index contributed by atoms with van der Waals surface area (Å²) >= 11 is 1.83. The second-order valence-electron chi connectivity index (χ2n) is 6.20. The van der Waals surface area contributed by atoms with E-state index in [2.05, 4.69) is 63.9 Å². The van der Waals surface area contributed by atoms with Crippen molar-refractivity contribution in [1.82, 2.24) is 0 Å². The minimum Gasteiger partial charge on any atom is -1.00 e. The van der Waals surface area contributed by atoms with Crippen LogP contribution in [0.5, 0.6) is 0 Å². The van der Waals surface area contributed by atoms with Crippen molar-refractivity contribution in [3.8, 4) is 0 Å². The van der Waals surface area contributed by atoms with Crippen molar-refractivity contribution >= 4 is 20.1 Å². The molecule has 0 aromatic carbocycles. The van der Waals surface area contributed by atoms with Crippen LogP contribution in [0.2, 0.25) is 19.6 Å². The summed E-state index contributed by atoms with van der Waals surface area (Å²) in [4.78, 5) is 1.00. The van der Waals surface area contributed by atoms with Crippen LogP contribution in [0.15, 0.2) is 40.4 Å². The average Bonchev–Trinajstić information content (AvgIpc) is 2.74. The van der Waals surface area contributed by atoms with Crippen LogP contribution in [-0.4, -0.2) is 13.3 Å². The molecule has 0 spiro atoms. The summed E-state index contributed by atoms with van der Waals surface area (Å²) in [5.74, 6) is 0. The Kier molecular flexibility index (Phi) is 11.3. The van der Waals surface area contributed by atoms with Gasteiger partial charge in [-0.1, -0.05) is 17.7 Å². The zero-order valence-corrected chi connectivity index (χ0v) is 18.7. The van der Waals surface area contributed by atoms with Crippen LogP contribution in [0.25, 0.3) is 0 Å². The predicted molar refractivity (Wildman–Crippen MR) is 87.4 cm³/mol. The van der Waals surface area contributed by atoms with E-state index in [4.69, 9.17) is 4.43 Å². The number of thioether (sulfide) groups is 1. The third kappa shape index (κ3) is 6.72. The zero-order valence-electron chi connectivity index (χ0n) is 13.8. The molecule has 0 aliphatic heterocycles. The van der Waals surface area contributed by atoms with Crippen molar-refractivity contribution in [1.29, 1.82) is 0 Å². The van der Waals surface area contributed by atoms with Gasteiger partial charge in [-0.05, 0) is 39.1 Å². The van der Waals surface area contributed by atoms with Gasteiger partial charge >= 0.3 is 21.7 Å². The number of halogens is 2. The molecule has 0 aromatic rings. The third-order valence-corrected chi connectivity index (χ3v) is 5.66. The van der Waals surface area contributed by atoms with Gasteiger partial charge in [0.2, 0.25) is 0 Å². The molecule has 2 aliphatic carbocycles. The Morgan fingerprint density at radius 2 is 1.86 bits per heavy atom. The molecule has 2 rings (SSSR count). The van der Waals surface area contributed by atoms with Gasteiger partial charge in [0.1, 0.15) is 4.93 Å². The summed E-state index contributed by atoms with van der Waals surface area (Å²) in [6.45, 7) is 11.1. The van der Waals surface area contributed by atoms with E-state index < -0.39 is 8.32 Å². The number of hydrogen-bond donors (Lipinski definition) is 0. The Hall–Kier alpha value is 0.781. The molecule has 0 aromatic heterocycles. The van der Waals surface area contributed by atoms with Crippen molar-refractivity contribution < 1.29 is 51.0 Å². The van der Waals surface area contributed by atoms with Gasteiger partial charge < -0.3 is 29.2 Å². The van der Waals surface area contributed by atoms with Crippen LogP contribution in [0.4, 0.5) is 0 Å². The minimum absolute atomic E-state index is 0. The second kappa shape index (κ2) is 9.93. The van der Waals surface area contributed by atoms with E-state index in [0.717, 1.165) is 12.8 Å². The maximum Gasteiger partial charge on any atom is 3.00 e. The van der Waals surface area contributed by atoms with Crippen LogP contribution >= 0.6 is 11.8 Å². The monoisotopic (exact) mass is 409 g/mol. The van der Waals surface area contributed by atoms with E-state index in [0.29, 0.717) is 0 Å². The molecule has 1 nitrogen and oxygen atoms in total. The fourth-order valence-corrected chi connectivity index (χ4v) is 5.57. The first kappa shape index (κ1) is 25.0. The van der Waals surface area contributed by atoms with E-state index in [9.17, 15) is 0 Å². The van der Waals surface area contributed by atoms with E-state index in [1.54, 1.807) is 0 Å². The average molecular weight is 410 g/mol. The Labute approximate surface area is 167 Å². The molecule has 0 saturated carbocycles. The van der Waals surface area contributed by atoms with E-state index in [1.165, 1.54) is 16.1 Å². The van der Waals surface area contributed by atoms with Gasteiger partial charge in [-0.25, -0.2) is 6.08 Å². The van der Waals surface area contributed by atoms with Crippen LogP contribution in [0.3, 0.4) is 0 Å². The van der Waals surface area contributed by atoms with Crippen LogP contribution < -0.4 is 24.8 Å². The smallest absolute Gasteiger partial charge is 1.00 e. The largest absolute Gasteiger partial charge is 3.00 e. The Morgan fingerprint density at radius 1 is 1.23 bits per heavy atom. The molecule has 0 fully saturated rings. The summed E-state index contributed by atoms with van der Waals surface area (Å²) < 4.78 is 6.58. The summed E-state index contributed by atoms with van der Waals surface area (Å²) in [5, 5.41) is 0. The fraction of sp³-hybridized carbons (Fsp3) is 0.500. The standard InChI is InChI=1S/C16H23OSSi.2ClH.Ti/c1-13-10-11-16(14(2)12-13,17-19(3,4)5)18-15-8-6-7-9-15;;;/h6,8,10,12H,7,11H2,1-5H3;2*1H;/q-1;;;+3/p-2. The molecule has 0 amide bonds. The van der Waals surface area contributed by atoms with Crippen LogP contribution in [0.1, 0.15) is 26.7 Å². The van der Waals surface area contributed by atoms with Crippen LogP contribution in [-0.2, 0) is 26.1 Å². The van der Waals surface area contributed by atoms with E-state index >= 15 is 0 Å². The quantitative estimate of drug-likeness (QED) is 0.342. The van der Waals surface area contributed by atoms with E-state index in [-0.39, 0.29) is 51.5 Å². The third-order valence-electron chi connectivity index (χ3n) is 3.15. The van der Waals surface area contributed by atoms with Crippen molar-refractivity contribution in [3.05, 3.63) is 46.4 Å². The maximum absolute atomic E-state index is 6.58. The molecular weight excluding hydrogens is 387 g/mol. The Balaban J connectivity index is 0. The molecule has 0 saturated heterocycles. The Morgan fingerprint density at radius 3 is 2.32 bits per heavy atom. The SMILES string of the molecule is CC1=CCC(O[Si](C)(C)C)(SC2=[C-]CC=C2)C(C)=C1.[Cl-].[Cl-].[Ti+3]. The molecule has 1 radical (unpaired) electrons. The Bertz CT molecular complexity index is 495. The van der Waals surface area contributed by atoms with Gasteiger partial charge in [-0.2, -0.15) is 11.0 Å². The molecule has 0 N–H and O–H groups in total. The summed E-state index contributed by atoms with van der Waals surface area (Å²) in [7, 11) is -1.61. The van der Waals surface area contributed by atoms with Crippen molar-refractivity contribution in [3.63, 3.8) is 0 Å². The van der Waals surface area contributed by atoms with Crippen molar-refractivity contribution in [2.24, 2.45) is 0 Å². The van der Waals surface area contributed by atoms with Gasteiger partial charge in [-0.3, -0.25) is 6.08 Å². The molecule has 22 heavy (non-hydrogen) atoms. The first-order chi connectivity index (χ1) is 8.81. The first-order valence-electron chi connectivity index (χ1n) is 6.83.